The fourth-order valence-corrected chi connectivity index (χ4v) is 6.34. The van der Waals surface area contributed by atoms with Crippen LogP contribution in [0.2, 0.25) is 0 Å². The molecule has 5 unspecified atom stereocenters. The molecule has 0 spiro atoms. The molecule has 5 rings (SSSR count). The van der Waals surface area contributed by atoms with E-state index in [1.54, 1.807) is 4.90 Å². The molecule has 5 aliphatic heterocycles. The molecule has 0 bridgehead atoms. The van der Waals surface area contributed by atoms with Gasteiger partial charge in [-0.3, -0.25) is 15.1 Å². The van der Waals surface area contributed by atoms with Crippen LogP contribution in [0.25, 0.3) is 0 Å². The maximum atomic E-state index is 6.15. The first-order valence-corrected chi connectivity index (χ1v) is 11.6. The van der Waals surface area contributed by atoms with Crippen LogP contribution in [0.3, 0.4) is 0 Å². The van der Waals surface area contributed by atoms with Crippen molar-refractivity contribution in [2.45, 2.75) is 82.0 Å². The third-order valence-corrected chi connectivity index (χ3v) is 7.84. The molecule has 0 saturated carbocycles. The minimum atomic E-state index is 0.173. The lowest BCUT2D eigenvalue weighted by molar-refractivity contribution is -0.942. The maximum Gasteiger partial charge on any atom is 0.183 e. The van der Waals surface area contributed by atoms with Crippen molar-refractivity contribution in [1.29, 1.82) is 0 Å². The smallest absolute Gasteiger partial charge is 0.183 e. The third kappa shape index (κ3) is 4.06. The highest BCUT2D eigenvalue weighted by Gasteiger charge is 2.46. The van der Waals surface area contributed by atoms with Gasteiger partial charge in [-0.15, -0.1) is 0 Å². The molecule has 0 aliphatic carbocycles. The molecule has 6 atom stereocenters. The van der Waals surface area contributed by atoms with Crippen LogP contribution in [0.5, 0.6) is 0 Å². The van der Waals surface area contributed by atoms with E-state index in [1.807, 2.05) is 0 Å². The van der Waals surface area contributed by atoms with Crippen molar-refractivity contribution >= 4 is 0 Å². The van der Waals surface area contributed by atoms with Gasteiger partial charge in [0.1, 0.15) is 12.2 Å². The highest BCUT2D eigenvalue weighted by atomic mass is 16.7. The molecule has 5 N–H and O–H groups in total. The van der Waals surface area contributed by atoms with Crippen LogP contribution in [-0.4, -0.2) is 74.9 Å². The average molecular weight is 382 g/mol. The molecule has 7 heteroatoms. The Morgan fingerprint density at radius 3 is 2.70 bits per heavy atom. The Labute approximate surface area is 163 Å². The van der Waals surface area contributed by atoms with Crippen molar-refractivity contribution in [2.24, 2.45) is 5.92 Å². The van der Waals surface area contributed by atoms with E-state index in [-0.39, 0.29) is 6.23 Å². The molecular weight excluding hydrogens is 342 g/mol. The Balaban J connectivity index is 1.17. The summed E-state index contributed by atoms with van der Waals surface area (Å²) >= 11 is 0. The summed E-state index contributed by atoms with van der Waals surface area (Å²) in [6, 6.07) is 1.36. The number of nitrogens with zero attached hydrogens (tertiary/aromatic N) is 1. The van der Waals surface area contributed by atoms with Gasteiger partial charge >= 0.3 is 0 Å². The molecule has 5 saturated heterocycles. The molecule has 7 nitrogen and oxygen atoms in total. The zero-order valence-electron chi connectivity index (χ0n) is 16.7. The summed E-state index contributed by atoms with van der Waals surface area (Å²) in [5.41, 5.74) is 3.41. The van der Waals surface area contributed by atoms with Gasteiger partial charge < -0.3 is 15.0 Å². The molecular formula is C20H39N5O2+2. The number of quaternary nitrogens is 2. The standard InChI is InChI=1S/C20H37N5O2/c1-2-10-24(9-1)18-14-15(5-8-21-18)19-22-20(27-23-19)17-4-3-11-25(17)16-6-12-26-13-7-16/h15-23H,1-14H2/p+2/t15?,17-,18?,19?,20?/m1/s1. The maximum absolute atomic E-state index is 6.15. The van der Waals surface area contributed by atoms with Gasteiger partial charge in [0.05, 0.1) is 38.5 Å². The predicted octanol–water partition coefficient (Wildman–Crippen LogP) is -1.62. The number of likely N-dealkylation sites (tertiary alicyclic amines) is 2. The zero-order valence-corrected chi connectivity index (χ0v) is 16.7. The molecule has 5 heterocycles. The van der Waals surface area contributed by atoms with E-state index in [9.17, 15) is 0 Å². The van der Waals surface area contributed by atoms with Crippen molar-refractivity contribution in [2.75, 3.05) is 39.4 Å². The lowest BCUT2D eigenvalue weighted by Gasteiger charge is -2.36. The Morgan fingerprint density at radius 2 is 1.85 bits per heavy atom. The summed E-state index contributed by atoms with van der Waals surface area (Å²) in [5, 5.41) is 6.44. The van der Waals surface area contributed by atoms with Crippen LogP contribution >= 0.6 is 0 Å². The summed E-state index contributed by atoms with van der Waals surface area (Å²) in [7, 11) is 0. The molecule has 0 aromatic heterocycles. The fraction of sp³-hybridized carbons (Fsp3) is 1.00. The van der Waals surface area contributed by atoms with Crippen LogP contribution in [0.4, 0.5) is 0 Å². The minimum Gasteiger partial charge on any atom is -0.381 e. The summed E-state index contributed by atoms with van der Waals surface area (Å²) < 4.78 is 5.59. The first kappa shape index (κ1) is 18.7. The highest BCUT2D eigenvalue weighted by molar-refractivity contribution is 4.86. The Morgan fingerprint density at radius 1 is 1.00 bits per heavy atom. The van der Waals surface area contributed by atoms with E-state index in [0.29, 0.717) is 24.3 Å². The van der Waals surface area contributed by atoms with E-state index in [4.69, 9.17) is 9.57 Å². The van der Waals surface area contributed by atoms with Gasteiger partial charge in [0, 0.05) is 57.5 Å². The van der Waals surface area contributed by atoms with Gasteiger partial charge in [0.15, 0.2) is 6.23 Å². The SMILES string of the molecule is C1CCN(C2CC(C3NOC([C@H]4CCC[NH+]4C4CCOCC4)N3)CC[NH2+]2)C1. The largest absolute Gasteiger partial charge is 0.381 e. The van der Waals surface area contributed by atoms with E-state index in [1.165, 1.54) is 77.5 Å². The second-order valence-corrected chi connectivity index (χ2v) is 9.38. The molecule has 27 heavy (non-hydrogen) atoms. The second-order valence-electron chi connectivity index (χ2n) is 9.38. The molecule has 0 radical (unpaired) electrons. The minimum absolute atomic E-state index is 0.173. The van der Waals surface area contributed by atoms with Gasteiger partial charge in [-0.05, 0) is 12.8 Å². The number of nitrogens with one attached hydrogen (secondary N) is 3. The molecule has 0 aromatic carbocycles. The third-order valence-electron chi connectivity index (χ3n) is 7.84. The fourth-order valence-electron chi connectivity index (χ4n) is 6.34. The predicted molar refractivity (Wildman–Crippen MR) is 102 cm³/mol. The lowest BCUT2D eigenvalue weighted by Crippen LogP contribution is -3.19. The second kappa shape index (κ2) is 8.61. The van der Waals surface area contributed by atoms with Crippen molar-refractivity contribution in [3.05, 3.63) is 0 Å². The first-order valence-electron chi connectivity index (χ1n) is 11.6. The van der Waals surface area contributed by atoms with E-state index in [2.05, 4.69) is 21.0 Å². The lowest BCUT2D eigenvalue weighted by atomic mass is 9.92. The van der Waals surface area contributed by atoms with Gasteiger partial charge in [-0.25, -0.2) is 0 Å². The summed E-state index contributed by atoms with van der Waals surface area (Å²) in [4.78, 5) is 10.6. The average Bonchev–Trinajstić information content (AvgIpc) is 3.50. The normalized spacial score (nSPS) is 44.9. The number of rotatable bonds is 4. The van der Waals surface area contributed by atoms with Crippen molar-refractivity contribution in [3.63, 3.8) is 0 Å². The van der Waals surface area contributed by atoms with Gasteiger partial charge in [-0.1, -0.05) is 0 Å². The van der Waals surface area contributed by atoms with Crippen molar-refractivity contribution < 1.29 is 19.8 Å². The number of hydrogen-bond acceptors (Lipinski definition) is 5. The van der Waals surface area contributed by atoms with E-state index >= 15 is 0 Å². The van der Waals surface area contributed by atoms with Crippen molar-refractivity contribution in [1.82, 2.24) is 15.7 Å². The number of hydroxylamine groups is 1. The zero-order chi connectivity index (χ0) is 18.1. The molecule has 5 aliphatic rings. The van der Waals surface area contributed by atoms with Crippen LogP contribution in [0, 0.1) is 5.92 Å². The van der Waals surface area contributed by atoms with Crippen LogP contribution in [0.15, 0.2) is 0 Å². The Bertz CT molecular complexity index is 483. The van der Waals surface area contributed by atoms with Crippen molar-refractivity contribution in [3.8, 4) is 0 Å². The van der Waals surface area contributed by atoms with Crippen LogP contribution in [-0.2, 0) is 9.57 Å². The number of hydrogen-bond donors (Lipinski definition) is 4. The number of nitrogens with two attached hydrogens (primary N) is 1. The van der Waals surface area contributed by atoms with Gasteiger partial charge in [-0.2, -0.15) is 5.48 Å². The summed E-state index contributed by atoms with van der Waals surface area (Å²) in [6.45, 7) is 7.03. The van der Waals surface area contributed by atoms with E-state index < -0.39 is 0 Å². The molecule has 0 aromatic rings. The van der Waals surface area contributed by atoms with E-state index in [0.717, 1.165) is 19.3 Å². The molecule has 154 valence electrons. The van der Waals surface area contributed by atoms with Crippen LogP contribution in [0.1, 0.15) is 51.4 Å². The van der Waals surface area contributed by atoms with Gasteiger partial charge in [0.2, 0.25) is 0 Å². The number of piperidine rings is 1. The Kier molecular flexibility index (Phi) is 5.97. The molecule has 5 fully saturated rings. The van der Waals surface area contributed by atoms with Crippen LogP contribution < -0.4 is 21.0 Å². The van der Waals surface area contributed by atoms with Gasteiger partial charge in [0.25, 0.3) is 0 Å². The monoisotopic (exact) mass is 381 g/mol. The number of ether oxygens (including phenoxy) is 1. The highest BCUT2D eigenvalue weighted by Crippen LogP contribution is 2.24. The summed E-state index contributed by atoms with van der Waals surface area (Å²) in [5.74, 6) is 0.679. The Hall–Kier alpha value is -0.280. The topological polar surface area (TPSA) is 66.8 Å². The molecule has 0 amide bonds. The first-order chi connectivity index (χ1) is 13.4. The summed E-state index contributed by atoms with van der Waals surface area (Å²) in [6.07, 6.45) is 11.6. The quantitative estimate of drug-likeness (QED) is 0.472.